The third-order valence-corrected chi connectivity index (χ3v) is 5.98. The number of nitrogens with zero attached hydrogens (tertiary/aromatic N) is 3. The molecule has 0 bridgehead atoms. The van der Waals surface area contributed by atoms with E-state index < -0.39 is 5.60 Å². The molecule has 4 nitrogen and oxygen atoms in total. The van der Waals surface area contributed by atoms with Crippen LogP contribution in [-0.4, -0.2) is 20.1 Å². The fraction of sp³-hybridized carbons (Fsp3) is 0.0370. The van der Waals surface area contributed by atoms with Crippen LogP contribution in [-0.2, 0) is 5.60 Å². The van der Waals surface area contributed by atoms with Crippen molar-refractivity contribution in [1.29, 1.82) is 0 Å². The van der Waals surface area contributed by atoms with Crippen molar-refractivity contribution in [2.75, 3.05) is 0 Å². The van der Waals surface area contributed by atoms with Crippen molar-refractivity contribution < 1.29 is 5.11 Å². The lowest BCUT2D eigenvalue weighted by molar-refractivity contribution is 0.144. The van der Waals surface area contributed by atoms with Crippen molar-refractivity contribution in [2.45, 2.75) is 5.60 Å². The van der Waals surface area contributed by atoms with Gasteiger partial charge in [-0.2, -0.15) is 0 Å². The Kier molecular flexibility index (Phi) is 3.88. The van der Waals surface area contributed by atoms with Gasteiger partial charge in [0.2, 0.25) is 0 Å². The summed E-state index contributed by atoms with van der Waals surface area (Å²) >= 11 is 0. The van der Waals surface area contributed by atoms with Crippen molar-refractivity contribution in [3.63, 3.8) is 0 Å². The van der Waals surface area contributed by atoms with Gasteiger partial charge in [0.05, 0.1) is 11.2 Å². The molecule has 0 saturated carbocycles. The second-order valence-electron chi connectivity index (χ2n) is 7.73. The van der Waals surface area contributed by atoms with Crippen LogP contribution in [0.15, 0.2) is 103 Å². The Morgan fingerprint density at radius 2 is 1.29 bits per heavy atom. The zero-order valence-electron chi connectivity index (χ0n) is 16.7. The molecule has 5 aromatic rings. The molecular weight excluding hydrogens is 382 g/mol. The molecule has 0 amide bonds. The van der Waals surface area contributed by atoms with Gasteiger partial charge in [0.15, 0.2) is 5.60 Å². The predicted octanol–water partition coefficient (Wildman–Crippen LogP) is 5.35. The van der Waals surface area contributed by atoms with Crippen molar-refractivity contribution in [2.24, 2.45) is 0 Å². The normalized spacial score (nSPS) is 14.4. The number of fused-ring (bicyclic) bond motifs is 4. The molecular formula is C27H19N3O. The molecule has 6 rings (SSSR count). The minimum atomic E-state index is -1.38. The highest BCUT2D eigenvalue weighted by Crippen LogP contribution is 2.52. The van der Waals surface area contributed by atoms with Gasteiger partial charge in [-0.25, -0.2) is 4.68 Å². The number of hydrogen-bond acceptors (Lipinski definition) is 3. The Hall–Kier alpha value is -4.02. The van der Waals surface area contributed by atoms with Gasteiger partial charge in [-0.05, 0) is 34.9 Å². The lowest BCUT2D eigenvalue weighted by Gasteiger charge is -2.29. The first-order chi connectivity index (χ1) is 15.3. The maximum Gasteiger partial charge on any atom is 0.158 e. The quantitative estimate of drug-likeness (QED) is 0.444. The minimum Gasteiger partial charge on any atom is -0.374 e. The van der Waals surface area contributed by atoms with Crippen LogP contribution in [0, 0.1) is 0 Å². The summed E-state index contributed by atoms with van der Waals surface area (Å²) in [5.41, 5.74) is 5.63. The van der Waals surface area contributed by atoms with E-state index in [0.29, 0.717) is 5.70 Å². The van der Waals surface area contributed by atoms with E-state index in [2.05, 4.69) is 22.4 Å². The first kappa shape index (κ1) is 17.8. The highest BCUT2D eigenvalue weighted by molar-refractivity contribution is 5.93. The molecule has 0 saturated heterocycles. The molecule has 0 radical (unpaired) electrons. The molecule has 1 aliphatic carbocycles. The molecule has 0 aliphatic heterocycles. The molecule has 1 heterocycles. The predicted molar refractivity (Wildman–Crippen MR) is 123 cm³/mol. The molecule has 1 N–H and O–H groups in total. The summed E-state index contributed by atoms with van der Waals surface area (Å²) in [6, 6.07) is 33.9. The van der Waals surface area contributed by atoms with Gasteiger partial charge in [-0.1, -0.05) is 96.2 Å². The summed E-state index contributed by atoms with van der Waals surface area (Å²) in [6.07, 6.45) is 2.00. The van der Waals surface area contributed by atoms with Crippen LogP contribution in [0.4, 0.5) is 0 Å². The number of benzene rings is 4. The number of aliphatic hydroxyl groups is 1. The number of hydrogen-bond donors (Lipinski definition) is 1. The SMILES string of the molecule is OC1(C(=Cc2ccccc2)n2nnc3ccccc32)c2ccccc2-c2ccccc21. The van der Waals surface area contributed by atoms with Crippen molar-refractivity contribution in [3.05, 3.63) is 120 Å². The van der Waals surface area contributed by atoms with Crippen LogP contribution in [0.3, 0.4) is 0 Å². The minimum absolute atomic E-state index is 0.643. The summed E-state index contributed by atoms with van der Waals surface area (Å²) in [5.74, 6) is 0. The highest BCUT2D eigenvalue weighted by atomic mass is 16.3. The van der Waals surface area contributed by atoms with E-state index in [4.69, 9.17) is 0 Å². The van der Waals surface area contributed by atoms with E-state index in [-0.39, 0.29) is 0 Å². The molecule has 1 aromatic heterocycles. The Balaban J connectivity index is 1.71. The van der Waals surface area contributed by atoms with E-state index in [0.717, 1.165) is 38.9 Å². The fourth-order valence-electron chi connectivity index (χ4n) is 4.56. The average Bonchev–Trinajstić information content (AvgIpc) is 3.37. The molecule has 31 heavy (non-hydrogen) atoms. The molecule has 4 heteroatoms. The monoisotopic (exact) mass is 401 g/mol. The topological polar surface area (TPSA) is 50.9 Å². The summed E-state index contributed by atoms with van der Waals surface area (Å²) in [6.45, 7) is 0. The van der Waals surface area contributed by atoms with Gasteiger partial charge in [-0.3, -0.25) is 0 Å². The van der Waals surface area contributed by atoms with Crippen LogP contribution >= 0.6 is 0 Å². The van der Waals surface area contributed by atoms with Gasteiger partial charge in [0.25, 0.3) is 0 Å². The number of aromatic nitrogens is 3. The molecule has 1 aliphatic rings. The second kappa shape index (κ2) is 6.76. The Morgan fingerprint density at radius 3 is 2.00 bits per heavy atom. The molecule has 148 valence electrons. The van der Waals surface area contributed by atoms with Crippen LogP contribution in [0.2, 0.25) is 0 Å². The highest BCUT2D eigenvalue weighted by Gasteiger charge is 2.46. The molecule has 0 unspecified atom stereocenters. The Labute approximate surface area is 179 Å². The smallest absolute Gasteiger partial charge is 0.158 e. The summed E-state index contributed by atoms with van der Waals surface area (Å²) in [5, 5.41) is 21.3. The Morgan fingerprint density at radius 1 is 0.710 bits per heavy atom. The molecule has 4 aromatic carbocycles. The van der Waals surface area contributed by atoms with Crippen molar-refractivity contribution >= 4 is 22.8 Å². The van der Waals surface area contributed by atoms with Crippen molar-refractivity contribution in [1.82, 2.24) is 15.0 Å². The van der Waals surface area contributed by atoms with Gasteiger partial charge < -0.3 is 5.11 Å². The van der Waals surface area contributed by atoms with Gasteiger partial charge in [0.1, 0.15) is 5.52 Å². The average molecular weight is 401 g/mol. The van der Waals surface area contributed by atoms with E-state index in [1.54, 1.807) is 4.68 Å². The van der Waals surface area contributed by atoms with Crippen LogP contribution in [0.25, 0.3) is 33.9 Å². The maximum absolute atomic E-state index is 12.5. The Bertz CT molecular complexity index is 1400. The van der Waals surface area contributed by atoms with E-state index in [9.17, 15) is 5.11 Å². The van der Waals surface area contributed by atoms with E-state index >= 15 is 0 Å². The summed E-state index contributed by atoms with van der Waals surface area (Å²) in [4.78, 5) is 0. The van der Waals surface area contributed by atoms with Gasteiger partial charge in [-0.15, -0.1) is 5.10 Å². The first-order valence-corrected chi connectivity index (χ1v) is 10.3. The van der Waals surface area contributed by atoms with Crippen LogP contribution in [0.1, 0.15) is 16.7 Å². The standard InChI is InChI=1S/C27H19N3O/c31-27(22-14-6-4-12-20(22)21-13-5-7-15-23(21)27)26(18-19-10-2-1-3-11-19)30-25-17-9-8-16-24(25)28-29-30/h1-18,31H. The van der Waals surface area contributed by atoms with E-state index in [1.807, 2.05) is 97.1 Å². The fourth-order valence-corrected chi connectivity index (χ4v) is 4.56. The van der Waals surface area contributed by atoms with Crippen LogP contribution < -0.4 is 0 Å². The first-order valence-electron chi connectivity index (χ1n) is 10.3. The zero-order valence-corrected chi connectivity index (χ0v) is 16.7. The van der Waals surface area contributed by atoms with Gasteiger partial charge in [0, 0.05) is 11.1 Å². The van der Waals surface area contributed by atoms with Gasteiger partial charge >= 0.3 is 0 Å². The molecule has 0 fully saturated rings. The van der Waals surface area contributed by atoms with Crippen LogP contribution in [0.5, 0.6) is 0 Å². The number of para-hydroxylation sites is 1. The lowest BCUT2D eigenvalue weighted by atomic mass is 9.86. The molecule has 0 spiro atoms. The second-order valence-corrected chi connectivity index (χ2v) is 7.73. The largest absolute Gasteiger partial charge is 0.374 e. The zero-order chi connectivity index (χ0) is 20.8. The maximum atomic E-state index is 12.5. The number of rotatable bonds is 3. The lowest BCUT2D eigenvalue weighted by Crippen LogP contribution is -2.30. The molecule has 0 atom stereocenters. The third-order valence-electron chi connectivity index (χ3n) is 5.98. The van der Waals surface area contributed by atoms with E-state index in [1.165, 1.54) is 0 Å². The third kappa shape index (κ3) is 2.59. The van der Waals surface area contributed by atoms with Crippen molar-refractivity contribution in [3.8, 4) is 11.1 Å². The summed E-state index contributed by atoms with van der Waals surface area (Å²) < 4.78 is 1.77. The summed E-state index contributed by atoms with van der Waals surface area (Å²) in [7, 11) is 0.